The van der Waals surface area contributed by atoms with Crippen LogP contribution < -0.4 is 9.80 Å². The molecular formula is C20H23F2N3. The van der Waals surface area contributed by atoms with Crippen molar-refractivity contribution in [3.63, 3.8) is 0 Å². The van der Waals surface area contributed by atoms with Crippen molar-refractivity contribution in [2.75, 3.05) is 43.0 Å². The number of nitrogens with zero attached hydrogens (tertiary/aromatic N) is 3. The van der Waals surface area contributed by atoms with E-state index in [0.29, 0.717) is 6.04 Å². The SMILES string of the molecule is CN1CCC(N2CCN(c3ccc(F)cc3)c3cc(F)ccc32)CC1. The minimum atomic E-state index is -0.256. The summed E-state index contributed by atoms with van der Waals surface area (Å²) < 4.78 is 27.2. The maximum Gasteiger partial charge on any atom is 0.125 e. The summed E-state index contributed by atoms with van der Waals surface area (Å²) in [7, 11) is 2.16. The lowest BCUT2D eigenvalue weighted by Gasteiger charge is -2.45. The van der Waals surface area contributed by atoms with Crippen molar-refractivity contribution in [1.29, 1.82) is 0 Å². The standard InChI is InChI=1S/C20H23F2N3/c1-23-10-8-18(9-11-23)24-12-13-25(17-5-2-15(21)3-6-17)20-14-16(22)4-7-19(20)24/h2-7,14,18H,8-13H2,1H3. The third-order valence-electron chi connectivity index (χ3n) is 5.37. The lowest BCUT2D eigenvalue weighted by Crippen LogP contribution is -2.49. The van der Waals surface area contributed by atoms with Gasteiger partial charge in [-0.3, -0.25) is 0 Å². The van der Waals surface area contributed by atoms with Crippen LogP contribution in [0.15, 0.2) is 42.5 Å². The second kappa shape index (κ2) is 6.64. The van der Waals surface area contributed by atoms with Gasteiger partial charge in [0.15, 0.2) is 0 Å². The summed E-state index contributed by atoms with van der Waals surface area (Å²) in [5.41, 5.74) is 2.85. The molecule has 0 N–H and O–H groups in total. The molecule has 2 aromatic carbocycles. The van der Waals surface area contributed by atoms with E-state index in [1.54, 1.807) is 18.2 Å². The van der Waals surface area contributed by atoms with Gasteiger partial charge in [0.05, 0.1) is 11.4 Å². The van der Waals surface area contributed by atoms with Crippen molar-refractivity contribution in [3.05, 3.63) is 54.1 Å². The van der Waals surface area contributed by atoms with Crippen LogP contribution in [0.25, 0.3) is 0 Å². The summed E-state index contributed by atoms with van der Waals surface area (Å²) in [4.78, 5) is 6.88. The zero-order chi connectivity index (χ0) is 17.4. The average molecular weight is 343 g/mol. The number of halogens is 2. The number of fused-ring (bicyclic) bond motifs is 1. The molecular weight excluding hydrogens is 320 g/mol. The molecule has 2 aliphatic heterocycles. The molecule has 4 rings (SSSR count). The average Bonchev–Trinajstić information content (AvgIpc) is 2.62. The Labute approximate surface area is 147 Å². The molecule has 2 heterocycles. The van der Waals surface area contributed by atoms with Crippen LogP contribution in [0.3, 0.4) is 0 Å². The first-order chi connectivity index (χ1) is 12.1. The highest BCUT2D eigenvalue weighted by Gasteiger charge is 2.30. The molecule has 132 valence electrons. The van der Waals surface area contributed by atoms with Crippen LogP contribution in [-0.2, 0) is 0 Å². The Morgan fingerprint density at radius 2 is 1.48 bits per heavy atom. The summed E-state index contributed by atoms with van der Waals surface area (Å²) in [5, 5.41) is 0. The van der Waals surface area contributed by atoms with Gasteiger partial charge in [-0.2, -0.15) is 0 Å². The Morgan fingerprint density at radius 1 is 0.800 bits per heavy atom. The van der Waals surface area contributed by atoms with Gasteiger partial charge in [0.25, 0.3) is 0 Å². The quantitative estimate of drug-likeness (QED) is 0.815. The highest BCUT2D eigenvalue weighted by Crippen LogP contribution is 2.40. The topological polar surface area (TPSA) is 9.72 Å². The molecule has 0 bridgehead atoms. The maximum absolute atomic E-state index is 14.0. The van der Waals surface area contributed by atoms with Crippen molar-refractivity contribution >= 4 is 17.1 Å². The van der Waals surface area contributed by atoms with Crippen molar-refractivity contribution in [1.82, 2.24) is 4.90 Å². The number of likely N-dealkylation sites (tertiary alicyclic amines) is 1. The molecule has 0 aliphatic carbocycles. The van der Waals surface area contributed by atoms with Gasteiger partial charge in [0.1, 0.15) is 11.6 Å². The molecule has 0 aromatic heterocycles. The minimum Gasteiger partial charge on any atom is -0.365 e. The number of rotatable bonds is 2. The molecule has 0 radical (unpaired) electrons. The van der Waals surface area contributed by atoms with Gasteiger partial charge in [-0.15, -0.1) is 0 Å². The minimum absolute atomic E-state index is 0.240. The van der Waals surface area contributed by atoms with Crippen LogP contribution in [0.5, 0.6) is 0 Å². The first-order valence-electron chi connectivity index (χ1n) is 8.90. The van der Waals surface area contributed by atoms with Gasteiger partial charge in [0.2, 0.25) is 0 Å². The number of anilines is 3. The Balaban J connectivity index is 1.68. The second-order valence-electron chi connectivity index (χ2n) is 6.99. The second-order valence-corrected chi connectivity index (χ2v) is 6.99. The number of benzene rings is 2. The Morgan fingerprint density at radius 3 is 2.20 bits per heavy atom. The van der Waals surface area contributed by atoms with E-state index >= 15 is 0 Å². The van der Waals surface area contributed by atoms with E-state index < -0.39 is 0 Å². The molecule has 0 amide bonds. The monoisotopic (exact) mass is 343 g/mol. The third kappa shape index (κ3) is 3.21. The third-order valence-corrected chi connectivity index (χ3v) is 5.37. The van der Waals surface area contributed by atoms with E-state index in [1.165, 1.54) is 18.2 Å². The molecule has 3 nitrogen and oxygen atoms in total. The van der Waals surface area contributed by atoms with Crippen molar-refractivity contribution in [2.24, 2.45) is 0 Å². The van der Waals surface area contributed by atoms with Crippen LogP contribution in [0.2, 0.25) is 0 Å². The van der Waals surface area contributed by atoms with E-state index in [2.05, 4.69) is 21.7 Å². The first-order valence-corrected chi connectivity index (χ1v) is 8.90. The molecule has 2 aromatic rings. The summed E-state index contributed by atoms with van der Waals surface area (Å²) >= 11 is 0. The van der Waals surface area contributed by atoms with E-state index in [-0.39, 0.29) is 11.6 Å². The van der Waals surface area contributed by atoms with E-state index in [4.69, 9.17) is 0 Å². The van der Waals surface area contributed by atoms with Gasteiger partial charge < -0.3 is 14.7 Å². The van der Waals surface area contributed by atoms with Crippen LogP contribution >= 0.6 is 0 Å². The Bertz CT molecular complexity index is 739. The molecule has 2 aliphatic rings. The smallest absolute Gasteiger partial charge is 0.125 e. The normalized spacial score (nSPS) is 19.2. The maximum atomic E-state index is 14.0. The van der Waals surface area contributed by atoms with Crippen LogP contribution in [0.4, 0.5) is 25.8 Å². The first kappa shape index (κ1) is 16.3. The highest BCUT2D eigenvalue weighted by molar-refractivity contribution is 5.79. The van der Waals surface area contributed by atoms with Gasteiger partial charge in [-0.1, -0.05) is 0 Å². The van der Waals surface area contributed by atoms with Crippen molar-refractivity contribution < 1.29 is 8.78 Å². The van der Waals surface area contributed by atoms with E-state index in [0.717, 1.165) is 56.1 Å². The van der Waals surface area contributed by atoms with Gasteiger partial charge in [-0.25, -0.2) is 8.78 Å². The summed E-state index contributed by atoms with van der Waals surface area (Å²) in [6.07, 6.45) is 2.26. The lowest BCUT2D eigenvalue weighted by atomic mass is 10.0. The lowest BCUT2D eigenvalue weighted by molar-refractivity contribution is 0.249. The Kier molecular flexibility index (Phi) is 4.34. The van der Waals surface area contributed by atoms with Crippen LogP contribution in [0, 0.1) is 11.6 Å². The van der Waals surface area contributed by atoms with Crippen LogP contribution in [-0.4, -0.2) is 44.2 Å². The fraction of sp³-hybridized carbons (Fsp3) is 0.400. The number of hydrogen-bond acceptors (Lipinski definition) is 3. The molecule has 25 heavy (non-hydrogen) atoms. The van der Waals surface area contributed by atoms with Crippen molar-refractivity contribution in [3.8, 4) is 0 Å². The van der Waals surface area contributed by atoms with Crippen LogP contribution in [0.1, 0.15) is 12.8 Å². The zero-order valence-electron chi connectivity index (χ0n) is 14.5. The summed E-state index contributed by atoms with van der Waals surface area (Å²) in [6.45, 7) is 3.86. The zero-order valence-corrected chi connectivity index (χ0v) is 14.5. The van der Waals surface area contributed by atoms with E-state index in [1.807, 2.05) is 6.07 Å². The molecule has 1 fully saturated rings. The molecule has 1 saturated heterocycles. The molecule has 0 spiro atoms. The van der Waals surface area contributed by atoms with Gasteiger partial charge >= 0.3 is 0 Å². The largest absolute Gasteiger partial charge is 0.365 e. The predicted molar refractivity (Wildman–Crippen MR) is 97.7 cm³/mol. The van der Waals surface area contributed by atoms with Gasteiger partial charge in [0, 0.05) is 24.8 Å². The van der Waals surface area contributed by atoms with Crippen molar-refractivity contribution in [2.45, 2.75) is 18.9 Å². The summed E-state index contributed by atoms with van der Waals surface area (Å²) in [5.74, 6) is -0.496. The highest BCUT2D eigenvalue weighted by atomic mass is 19.1. The van der Waals surface area contributed by atoms with Gasteiger partial charge in [-0.05, 0) is 75.4 Å². The fourth-order valence-electron chi connectivity index (χ4n) is 3.98. The number of piperidine rings is 1. The molecule has 5 heteroatoms. The molecule has 0 atom stereocenters. The fourth-order valence-corrected chi connectivity index (χ4v) is 3.98. The number of hydrogen-bond donors (Lipinski definition) is 0. The molecule has 0 saturated carbocycles. The van der Waals surface area contributed by atoms with E-state index in [9.17, 15) is 8.78 Å². The summed E-state index contributed by atoms with van der Waals surface area (Å²) in [6, 6.07) is 11.9. The molecule has 0 unspecified atom stereocenters. The predicted octanol–water partition coefficient (Wildman–Crippen LogP) is 4.02. The Hall–Kier alpha value is -2.14.